The number of aliphatic carboxylic acids is 1. The van der Waals surface area contributed by atoms with Crippen molar-refractivity contribution in [1.82, 2.24) is 4.90 Å². The number of benzene rings is 1. The van der Waals surface area contributed by atoms with Crippen LogP contribution in [0.5, 0.6) is 0 Å². The molecule has 0 aliphatic carbocycles. The van der Waals surface area contributed by atoms with E-state index in [0.29, 0.717) is 6.54 Å². The van der Waals surface area contributed by atoms with Gasteiger partial charge in [-0.25, -0.2) is 4.79 Å². The van der Waals surface area contributed by atoms with Gasteiger partial charge in [0.1, 0.15) is 0 Å². The van der Waals surface area contributed by atoms with Gasteiger partial charge in [-0.2, -0.15) is 11.8 Å². The minimum Gasteiger partial charge on any atom is -0.478 e. The fourth-order valence-corrected chi connectivity index (χ4v) is 3.51. The minimum absolute atomic E-state index is 0.165. The maximum atomic E-state index is 12.2. The van der Waals surface area contributed by atoms with Gasteiger partial charge in [-0.15, -0.1) is 0 Å². The number of amides is 1. The molecule has 0 bridgehead atoms. The second-order valence-corrected chi connectivity index (χ2v) is 6.32. The lowest BCUT2D eigenvalue weighted by Gasteiger charge is -2.20. The number of hydrogen-bond donors (Lipinski definition) is 1. The van der Waals surface area contributed by atoms with Gasteiger partial charge in [-0.1, -0.05) is 24.3 Å². The van der Waals surface area contributed by atoms with Crippen molar-refractivity contribution in [2.45, 2.75) is 13.0 Å². The van der Waals surface area contributed by atoms with Crippen LogP contribution in [0, 0.1) is 5.92 Å². The molecule has 1 aromatic rings. The van der Waals surface area contributed by atoms with E-state index in [1.54, 1.807) is 11.0 Å². The SMILES string of the molecule is CN(Cc1ccc(C=CC(=O)O)cc1)C(=O)C1CCSC1. The average molecular weight is 305 g/mol. The molecule has 21 heavy (non-hydrogen) atoms. The zero-order chi connectivity index (χ0) is 15.2. The maximum Gasteiger partial charge on any atom is 0.328 e. The fraction of sp³-hybridized carbons (Fsp3) is 0.375. The summed E-state index contributed by atoms with van der Waals surface area (Å²) in [5.41, 5.74) is 1.88. The molecule has 0 radical (unpaired) electrons. The van der Waals surface area contributed by atoms with Crippen molar-refractivity contribution in [2.24, 2.45) is 5.92 Å². The van der Waals surface area contributed by atoms with Crippen LogP contribution in [-0.2, 0) is 16.1 Å². The Labute approximate surface area is 128 Å². The average Bonchev–Trinajstić information content (AvgIpc) is 2.99. The number of carbonyl (C=O) groups excluding carboxylic acids is 1. The third-order valence-electron chi connectivity index (χ3n) is 3.47. The number of nitrogens with zero attached hydrogens (tertiary/aromatic N) is 1. The van der Waals surface area contributed by atoms with Crippen LogP contribution in [0.15, 0.2) is 30.3 Å². The molecule has 1 unspecified atom stereocenters. The van der Waals surface area contributed by atoms with Gasteiger partial charge in [-0.05, 0) is 29.4 Å². The molecule has 0 aromatic heterocycles. The molecular weight excluding hydrogens is 286 g/mol. The Hall–Kier alpha value is -1.75. The molecule has 1 N–H and O–H groups in total. The Morgan fingerprint density at radius 2 is 2.10 bits per heavy atom. The molecule has 0 spiro atoms. The second-order valence-electron chi connectivity index (χ2n) is 5.17. The number of thioether (sulfide) groups is 1. The highest BCUT2D eigenvalue weighted by atomic mass is 32.2. The Morgan fingerprint density at radius 3 is 2.67 bits per heavy atom. The van der Waals surface area contributed by atoms with E-state index in [1.165, 1.54) is 0 Å². The molecule has 112 valence electrons. The van der Waals surface area contributed by atoms with Gasteiger partial charge in [0.05, 0.1) is 0 Å². The van der Waals surface area contributed by atoms with E-state index in [2.05, 4.69) is 0 Å². The smallest absolute Gasteiger partial charge is 0.328 e. The zero-order valence-corrected chi connectivity index (χ0v) is 12.8. The lowest BCUT2D eigenvalue weighted by Crippen LogP contribution is -2.32. The van der Waals surface area contributed by atoms with E-state index in [9.17, 15) is 9.59 Å². The largest absolute Gasteiger partial charge is 0.478 e. The van der Waals surface area contributed by atoms with Gasteiger partial charge >= 0.3 is 5.97 Å². The normalized spacial score (nSPS) is 18.0. The lowest BCUT2D eigenvalue weighted by atomic mass is 10.1. The molecule has 1 atom stereocenters. The molecule has 1 fully saturated rings. The predicted octanol–water partition coefficient (Wildman–Crippen LogP) is 2.50. The van der Waals surface area contributed by atoms with Crippen molar-refractivity contribution in [3.63, 3.8) is 0 Å². The van der Waals surface area contributed by atoms with E-state index >= 15 is 0 Å². The Morgan fingerprint density at radius 1 is 1.38 bits per heavy atom. The van der Waals surface area contributed by atoms with E-state index in [-0.39, 0.29) is 11.8 Å². The third kappa shape index (κ3) is 4.63. The topological polar surface area (TPSA) is 57.6 Å². The number of carbonyl (C=O) groups is 2. The highest BCUT2D eigenvalue weighted by Gasteiger charge is 2.25. The molecule has 1 amide bonds. The summed E-state index contributed by atoms with van der Waals surface area (Å²) in [5, 5.41) is 8.58. The first-order chi connectivity index (χ1) is 10.1. The number of carboxylic acid groups (broad SMARTS) is 1. The molecule has 1 aromatic carbocycles. The molecule has 1 aliphatic rings. The summed E-state index contributed by atoms with van der Waals surface area (Å²) in [6, 6.07) is 7.57. The highest BCUT2D eigenvalue weighted by molar-refractivity contribution is 7.99. The van der Waals surface area contributed by atoms with Crippen molar-refractivity contribution in [2.75, 3.05) is 18.6 Å². The van der Waals surface area contributed by atoms with Gasteiger partial charge in [-0.3, -0.25) is 4.79 Å². The highest BCUT2D eigenvalue weighted by Crippen LogP contribution is 2.25. The zero-order valence-electron chi connectivity index (χ0n) is 12.0. The summed E-state index contributed by atoms with van der Waals surface area (Å²) in [6.07, 6.45) is 3.64. The summed E-state index contributed by atoms with van der Waals surface area (Å²) in [5.74, 6) is 1.43. The lowest BCUT2D eigenvalue weighted by molar-refractivity contribution is -0.134. The van der Waals surface area contributed by atoms with Crippen LogP contribution >= 0.6 is 11.8 Å². The first-order valence-electron chi connectivity index (χ1n) is 6.89. The number of hydrogen-bond acceptors (Lipinski definition) is 3. The van der Waals surface area contributed by atoms with Crippen LogP contribution in [0.2, 0.25) is 0 Å². The molecule has 1 heterocycles. The first-order valence-corrected chi connectivity index (χ1v) is 8.04. The maximum absolute atomic E-state index is 12.2. The quantitative estimate of drug-likeness (QED) is 0.849. The van der Waals surface area contributed by atoms with Crippen molar-refractivity contribution < 1.29 is 14.7 Å². The van der Waals surface area contributed by atoms with Crippen LogP contribution in [0.4, 0.5) is 0 Å². The van der Waals surface area contributed by atoms with E-state index in [1.807, 2.05) is 43.1 Å². The summed E-state index contributed by atoms with van der Waals surface area (Å²) < 4.78 is 0. The molecule has 5 heteroatoms. The van der Waals surface area contributed by atoms with Gasteiger partial charge < -0.3 is 10.0 Å². The first kappa shape index (κ1) is 15.6. The summed E-state index contributed by atoms with van der Waals surface area (Å²) in [7, 11) is 1.84. The van der Waals surface area contributed by atoms with Crippen molar-refractivity contribution in [3.05, 3.63) is 41.5 Å². The Bertz CT molecular complexity index is 533. The van der Waals surface area contributed by atoms with Gasteiger partial charge in [0.2, 0.25) is 5.91 Å². The summed E-state index contributed by atoms with van der Waals surface area (Å²) >= 11 is 1.84. The summed E-state index contributed by atoms with van der Waals surface area (Å²) in [6.45, 7) is 0.586. The molecular formula is C16H19NO3S. The fourth-order valence-electron chi connectivity index (χ4n) is 2.29. The molecule has 1 saturated heterocycles. The Balaban J connectivity index is 1.93. The Kier molecular flexibility index (Phi) is 5.44. The van der Waals surface area contributed by atoms with Crippen LogP contribution in [-0.4, -0.2) is 40.4 Å². The van der Waals surface area contributed by atoms with Gasteiger partial charge in [0.25, 0.3) is 0 Å². The van der Waals surface area contributed by atoms with E-state index in [4.69, 9.17) is 5.11 Å². The van der Waals surface area contributed by atoms with Gasteiger partial charge in [0.15, 0.2) is 0 Å². The number of carboxylic acids is 1. The molecule has 0 saturated carbocycles. The molecule has 4 nitrogen and oxygen atoms in total. The van der Waals surface area contributed by atoms with Crippen molar-refractivity contribution >= 4 is 29.7 Å². The minimum atomic E-state index is -0.959. The van der Waals surface area contributed by atoms with E-state index in [0.717, 1.165) is 35.1 Å². The second kappa shape index (κ2) is 7.31. The van der Waals surface area contributed by atoms with Crippen LogP contribution in [0.1, 0.15) is 17.5 Å². The number of rotatable bonds is 5. The van der Waals surface area contributed by atoms with Gasteiger partial charge in [0, 0.05) is 31.3 Å². The van der Waals surface area contributed by atoms with Crippen LogP contribution < -0.4 is 0 Å². The van der Waals surface area contributed by atoms with Crippen LogP contribution in [0.25, 0.3) is 6.08 Å². The molecule has 2 rings (SSSR count). The van der Waals surface area contributed by atoms with Crippen LogP contribution in [0.3, 0.4) is 0 Å². The monoisotopic (exact) mass is 305 g/mol. The third-order valence-corrected chi connectivity index (χ3v) is 4.64. The standard InChI is InChI=1S/C16H19NO3S/c1-17(16(20)14-8-9-21-11-14)10-13-4-2-12(3-5-13)6-7-15(18)19/h2-7,14H,8-11H2,1H3,(H,18,19). The van der Waals surface area contributed by atoms with Crippen molar-refractivity contribution in [1.29, 1.82) is 0 Å². The molecule has 1 aliphatic heterocycles. The predicted molar refractivity (Wildman–Crippen MR) is 85.0 cm³/mol. The summed E-state index contributed by atoms with van der Waals surface area (Å²) in [4.78, 5) is 24.5. The van der Waals surface area contributed by atoms with E-state index < -0.39 is 5.97 Å². The van der Waals surface area contributed by atoms with Crippen molar-refractivity contribution in [3.8, 4) is 0 Å².